The van der Waals surface area contributed by atoms with Crippen molar-refractivity contribution in [2.45, 2.75) is 4.90 Å². The van der Waals surface area contributed by atoms with Crippen molar-refractivity contribution < 1.29 is 8.42 Å². The van der Waals surface area contributed by atoms with E-state index in [1.54, 1.807) is 12.1 Å². The molecule has 0 aliphatic rings. The Balaban J connectivity index is 2.96. The smallest absolute Gasteiger partial charge is 0.263 e. The van der Waals surface area contributed by atoms with Gasteiger partial charge in [-0.1, -0.05) is 23.2 Å². The molecule has 0 spiro atoms. The van der Waals surface area contributed by atoms with Crippen LogP contribution in [0.25, 0.3) is 10.9 Å². The largest absolute Gasteiger partial charge is 0.360 e. The Hall–Kier alpha value is -0.420. The summed E-state index contributed by atoms with van der Waals surface area (Å²) in [4.78, 5) is 2.69. The van der Waals surface area contributed by atoms with Crippen LogP contribution >= 0.6 is 33.9 Å². The summed E-state index contributed by atoms with van der Waals surface area (Å²) in [6.45, 7) is 0. The fraction of sp³-hybridized carbons (Fsp3) is 0. The van der Waals surface area contributed by atoms with Gasteiger partial charge in [-0.05, 0) is 12.1 Å². The van der Waals surface area contributed by atoms with E-state index in [1.807, 2.05) is 0 Å². The summed E-state index contributed by atoms with van der Waals surface area (Å²) in [6, 6.07) is 3.21. The lowest BCUT2D eigenvalue weighted by Gasteiger charge is -1.99. The lowest BCUT2D eigenvalue weighted by atomic mass is 10.2. The molecule has 0 radical (unpaired) electrons. The molecule has 3 nitrogen and oxygen atoms in total. The van der Waals surface area contributed by atoms with E-state index < -0.39 is 9.05 Å². The maximum absolute atomic E-state index is 11.2. The average molecular weight is 285 g/mol. The molecular formula is C8H4Cl3NO2S. The molecular weight excluding hydrogens is 281 g/mol. The van der Waals surface area contributed by atoms with Crippen LogP contribution in [-0.4, -0.2) is 13.4 Å². The molecule has 0 saturated carbocycles. The second-order valence-electron chi connectivity index (χ2n) is 2.87. The highest BCUT2D eigenvalue weighted by atomic mass is 35.7. The molecule has 1 aromatic carbocycles. The Kier molecular flexibility index (Phi) is 2.63. The summed E-state index contributed by atoms with van der Waals surface area (Å²) in [7, 11) is 1.43. The summed E-state index contributed by atoms with van der Waals surface area (Å²) >= 11 is 11.7. The highest BCUT2D eigenvalue weighted by molar-refractivity contribution is 8.14. The first kappa shape index (κ1) is 11.1. The van der Waals surface area contributed by atoms with Crippen LogP contribution in [0.1, 0.15) is 0 Å². The van der Waals surface area contributed by atoms with Gasteiger partial charge in [0.25, 0.3) is 9.05 Å². The Morgan fingerprint density at radius 3 is 2.47 bits per heavy atom. The van der Waals surface area contributed by atoms with E-state index >= 15 is 0 Å². The van der Waals surface area contributed by atoms with E-state index in [-0.39, 0.29) is 14.9 Å². The van der Waals surface area contributed by atoms with Crippen molar-refractivity contribution in [2.24, 2.45) is 0 Å². The minimum atomic E-state index is -3.83. The van der Waals surface area contributed by atoms with Crippen LogP contribution in [0, 0.1) is 0 Å². The lowest BCUT2D eigenvalue weighted by Crippen LogP contribution is -1.88. The van der Waals surface area contributed by atoms with E-state index in [2.05, 4.69) is 4.98 Å². The number of aromatic amines is 1. The number of benzene rings is 1. The van der Waals surface area contributed by atoms with Crippen molar-refractivity contribution in [2.75, 3.05) is 0 Å². The van der Waals surface area contributed by atoms with Crippen LogP contribution in [0.15, 0.2) is 23.2 Å². The molecule has 0 aliphatic carbocycles. The first-order valence-electron chi connectivity index (χ1n) is 3.81. The van der Waals surface area contributed by atoms with Crippen LogP contribution in [0.2, 0.25) is 10.0 Å². The van der Waals surface area contributed by atoms with Gasteiger partial charge in [0, 0.05) is 27.8 Å². The van der Waals surface area contributed by atoms with Gasteiger partial charge in [-0.3, -0.25) is 0 Å². The molecule has 0 saturated heterocycles. The van der Waals surface area contributed by atoms with E-state index in [1.165, 1.54) is 6.20 Å². The number of aromatic nitrogens is 1. The first-order valence-corrected chi connectivity index (χ1v) is 6.87. The standard InChI is InChI=1S/C8H4Cl3NO2S/c9-4-1-2-5-7(8(4)10)6(3-12-5)15(11,13)14/h1-3,12H. The number of hydrogen-bond donors (Lipinski definition) is 1. The van der Waals surface area contributed by atoms with Crippen LogP contribution in [-0.2, 0) is 9.05 Å². The minimum absolute atomic E-state index is 0.0633. The highest BCUT2D eigenvalue weighted by Gasteiger charge is 2.19. The number of halogens is 3. The Bertz CT molecular complexity index is 633. The average Bonchev–Trinajstić information content (AvgIpc) is 2.54. The van der Waals surface area contributed by atoms with E-state index in [9.17, 15) is 8.42 Å². The normalized spacial score (nSPS) is 12.2. The van der Waals surface area contributed by atoms with Crippen molar-refractivity contribution in [1.82, 2.24) is 4.98 Å². The van der Waals surface area contributed by atoms with Crippen molar-refractivity contribution in [3.05, 3.63) is 28.4 Å². The molecule has 0 aliphatic heterocycles. The molecule has 2 aromatic rings. The molecule has 0 amide bonds. The van der Waals surface area contributed by atoms with Crippen molar-refractivity contribution in [3.63, 3.8) is 0 Å². The minimum Gasteiger partial charge on any atom is -0.360 e. The molecule has 80 valence electrons. The van der Waals surface area contributed by atoms with Crippen molar-refractivity contribution in [1.29, 1.82) is 0 Å². The van der Waals surface area contributed by atoms with Crippen LogP contribution in [0.3, 0.4) is 0 Å². The molecule has 0 fully saturated rings. The predicted octanol–water partition coefficient (Wildman–Crippen LogP) is 3.40. The molecule has 1 N–H and O–H groups in total. The number of nitrogens with one attached hydrogen (secondary N) is 1. The molecule has 2 rings (SSSR count). The molecule has 0 unspecified atom stereocenters. The number of hydrogen-bond acceptors (Lipinski definition) is 2. The van der Waals surface area contributed by atoms with Gasteiger partial charge in [0.1, 0.15) is 4.90 Å². The highest BCUT2D eigenvalue weighted by Crippen LogP contribution is 2.35. The van der Waals surface area contributed by atoms with Gasteiger partial charge in [0.05, 0.1) is 10.0 Å². The van der Waals surface area contributed by atoms with Gasteiger partial charge < -0.3 is 4.98 Å². The quantitative estimate of drug-likeness (QED) is 0.816. The second-order valence-corrected chi connectivity index (χ2v) is 6.19. The molecule has 0 bridgehead atoms. The maximum Gasteiger partial charge on any atom is 0.263 e. The summed E-state index contributed by atoms with van der Waals surface area (Å²) in [5.74, 6) is 0. The van der Waals surface area contributed by atoms with Crippen LogP contribution < -0.4 is 0 Å². The molecule has 1 aromatic heterocycles. The molecule has 0 atom stereocenters. The zero-order valence-electron chi connectivity index (χ0n) is 7.09. The van der Waals surface area contributed by atoms with Gasteiger partial charge in [0.2, 0.25) is 0 Å². The maximum atomic E-state index is 11.2. The third kappa shape index (κ3) is 1.83. The number of rotatable bonds is 1. The van der Waals surface area contributed by atoms with Crippen LogP contribution in [0.4, 0.5) is 0 Å². The Morgan fingerprint density at radius 2 is 1.87 bits per heavy atom. The first-order chi connectivity index (χ1) is 6.91. The number of H-pyrrole nitrogens is 1. The third-order valence-corrected chi connectivity index (χ3v) is 4.11. The van der Waals surface area contributed by atoms with E-state index in [4.69, 9.17) is 33.9 Å². The zero-order valence-corrected chi connectivity index (χ0v) is 10.2. The van der Waals surface area contributed by atoms with Crippen LogP contribution in [0.5, 0.6) is 0 Å². The van der Waals surface area contributed by atoms with Gasteiger partial charge in [-0.2, -0.15) is 0 Å². The lowest BCUT2D eigenvalue weighted by molar-refractivity contribution is 0.610. The Labute approximate surface area is 100 Å². The molecule has 15 heavy (non-hydrogen) atoms. The second kappa shape index (κ2) is 3.56. The summed E-state index contributed by atoms with van der Waals surface area (Å²) in [5.41, 5.74) is 0.573. The van der Waals surface area contributed by atoms with Crippen molar-refractivity contribution >= 4 is 53.8 Å². The van der Waals surface area contributed by atoms with Crippen molar-refractivity contribution in [3.8, 4) is 0 Å². The van der Waals surface area contributed by atoms with E-state index in [0.717, 1.165) is 0 Å². The fourth-order valence-corrected chi connectivity index (χ4v) is 2.82. The monoisotopic (exact) mass is 283 g/mol. The van der Waals surface area contributed by atoms with Gasteiger partial charge >= 0.3 is 0 Å². The summed E-state index contributed by atoms with van der Waals surface area (Å²) in [5, 5.41) is 0.777. The van der Waals surface area contributed by atoms with Gasteiger partial charge in [-0.15, -0.1) is 0 Å². The third-order valence-electron chi connectivity index (χ3n) is 1.96. The summed E-state index contributed by atoms with van der Waals surface area (Å²) < 4.78 is 22.4. The van der Waals surface area contributed by atoms with E-state index in [0.29, 0.717) is 10.9 Å². The summed E-state index contributed by atoms with van der Waals surface area (Å²) in [6.07, 6.45) is 1.29. The topological polar surface area (TPSA) is 49.9 Å². The predicted molar refractivity (Wildman–Crippen MR) is 61.4 cm³/mol. The number of fused-ring (bicyclic) bond motifs is 1. The Morgan fingerprint density at radius 1 is 1.20 bits per heavy atom. The van der Waals surface area contributed by atoms with Gasteiger partial charge in [0.15, 0.2) is 0 Å². The molecule has 7 heteroatoms. The zero-order chi connectivity index (χ0) is 11.2. The SMILES string of the molecule is O=S(=O)(Cl)c1c[nH]c2ccc(Cl)c(Cl)c12. The van der Waals surface area contributed by atoms with Gasteiger partial charge in [-0.25, -0.2) is 8.42 Å². The molecule has 1 heterocycles. The fourth-order valence-electron chi connectivity index (χ4n) is 1.32.